The van der Waals surface area contributed by atoms with Gasteiger partial charge in [0.1, 0.15) is 11.3 Å². The van der Waals surface area contributed by atoms with Gasteiger partial charge in [-0.15, -0.1) is 13.2 Å². The van der Waals surface area contributed by atoms with Crippen molar-refractivity contribution in [2.24, 2.45) is 0 Å². The van der Waals surface area contributed by atoms with Crippen molar-refractivity contribution in [2.75, 3.05) is 5.32 Å². The monoisotopic (exact) mass is 421 g/mol. The quantitative estimate of drug-likeness (QED) is 0.649. The summed E-state index contributed by atoms with van der Waals surface area (Å²) in [6, 6.07) is 13.8. The smallest absolute Gasteiger partial charge is 0.406 e. The van der Waals surface area contributed by atoms with Crippen molar-refractivity contribution in [1.29, 1.82) is 0 Å². The van der Waals surface area contributed by atoms with Gasteiger partial charge >= 0.3 is 12.4 Å². The highest BCUT2D eigenvalue weighted by Crippen LogP contribution is 2.31. The zero-order valence-corrected chi connectivity index (χ0v) is 16.1. The predicted molar refractivity (Wildman–Crippen MR) is 105 cm³/mol. The Morgan fingerprint density at radius 3 is 2.20 bits per heavy atom. The number of halogens is 3. The molecule has 0 spiro atoms. The fraction of sp³-hybridized carbons (Fsp3) is 0.333. The van der Waals surface area contributed by atoms with Crippen LogP contribution in [0, 0.1) is 0 Å². The van der Waals surface area contributed by atoms with Gasteiger partial charge in [-0.1, -0.05) is 43.2 Å². The molecule has 1 fully saturated rings. The third kappa shape index (κ3) is 5.88. The molecule has 0 atom stereocenters. The van der Waals surface area contributed by atoms with Crippen molar-refractivity contribution >= 4 is 17.6 Å². The van der Waals surface area contributed by atoms with Crippen LogP contribution in [0.2, 0.25) is 0 Å². The molecule has 0 unspecified atom stereocenters. The largest absolute Gasteiger partial charge is 0.573 e. The third-order valence-corrected chi connectivity index (χ3v) is 4.89. The van der Waals surface area contributed by atoms with Gasteiger partial charge in [0, 0.05) is 12.2 Å². The van der Waals surface area contributed by atoms with Crippen molar-refractivity contribution < 1.29 is 27.5 Å². The standard InChI is InChI=1S/C21H22F3N3O3/c22-21(23,24)30-17-10-8-16(9-11-17)26-18(28)20(12-4-5-13-20)27-19(29)25-14-15-6-2-1-3-7-15/h1-3,6-11H,4-5,12-14H2,(H,26,28)(H2,25,27,29). The Kier molecular flexibility index (Phi) is 6.49. The minimum Gasteiger partial charge on any atom is -0.406 e. The Morgan fingerprint density at radius 1 is 0.967 bits per heavy atom. The van der Waals surface area contributed by atoms with Crippen molar-refractivity contribution in [2.45, 2.75) is 44.1 Å². The van der Waals surface area contributed by atoms with E-state index >= 15 is 0 Å². The van der Waals surface area contributed by atoms with Crippen molar-refractivity contribution in [3.05, 3.63) is 60.2 Å². The summed E-state index contributed by atoms with van der Waals surface area (Å²) in [5, 5.41) is 8.21. The van der Waals surface area contributed by atoms with E-state index in [1.165, 1.54) is 12.1 Å². The summed E-state index contributed by atoms with van der Waals surface area (Å²) in [5.74, 6) is -0.783. The van der Waals surface area contributed by atoms with E-state index in [1.807, 2.05) is 30.3 Å². The number of nitrogens with one attached hydrogen (secondary N) is 3. The lowest BCUT2D eigenvalue weighted by molar-refractivity contribution is -0.274. The SMILES string of the molecule is O=C(NCc1ccccc1)NC1(C(=O)Nc2ccc(OC(F)(F)F)cc2)CCCC1. The molecule has 0 bridgehead atoms. The molecule has 0 saturated heterocycles. The normalized spacial score (nSPS) is 15.3. The van der Waals surface area contributed by atoms with E-state index < -0.39 is 23.8 Å². The molecule has 0 heterocycles. The maximum Gasteiger partial charge on any atom is 0.573 e. The van der Waals surface area contributed by atoms with Gasteiger partial charge in [-0.3, -0.25) is 4.79 Å². The molecule has 3 amide bonds. The minimum absolute atomic E-state index is 0.312. The van der Waals surface area contributed by atoms with Gasteiger partial charge in [0.25, 0.3) is 0 Å². The van der Waals surface area contributed by atoms with Crippen LogP contribution in [0.3, 0.4) is 0 Å². The Morgan fingerprint density at radius 2 is 1.60 bits per heavy atom. The van der Waals surface area contributed by atoms with Crippen LogP contribution < -0.4 is 20.7 Å². The van der Waals surface area contributed by atoms with E-state index in [1.54, 1.807) is 0 Å². The molecule has 1 aliphatic rings. The van der Waals surface area contributed by atoms with Crippen molar-refractivity contribution in [1.82, 2.24) is 10.6 Å². The Hall–Kier alpha value is -3.23. The van der Waals surface area contributed by atoms with E-state index in [2.05, 4.69) is 20.7 Å². The molecular weight excluding hydrogens is 399 g/mol. The molecule has 0 radical (unpaired) electrons. The van der Waals surface area contributed by atoms with Crippen LogP contribution in [0.1, 0.15) is 31.2 Å². The van der Waals surface area contributed by atoms with Crippen LogP contribution in [0.5, 0.6) is 5.75 Å². The Balaban J connectivity index is 1.60. The van der Waals surface area contributed by atoms with Crippen LogP contribution >= 0.6 is 0 Å². The highest BCUT2D eigenvalue weighted by molar-refractivity contribution is 6.00. The number of hydrogen-bond acceptors (Lipinski definition) is 3. The zero-order chi connectivity index (χ0) is 21.6. The van der Waals surface area contributed by atoms with E-state index in [-0.39, 0.29) is 5.75 Å². The highest BCUT2D eigenvalue weighted by Gasteiger charge is 2.42. The maximum atomic E-state index is 12.9. The van der Waals surface area contributed by atoms with Gasteiger partial charge in [0.2, 0.25) is 5.91 Å². The van der Waals surface area contributed by atoms with Crippen molar-refractivity contribution in [3.8, 4) is 5.75 Å². The summed E-state index contributed by atoms with van der Waals surface area (Å²) in [6.07, 6.45) is -2.26. The molecule has 160 valence electrons. The molecule has 30 heavy (non-hydrogen) atoms. The minimum atomic E-state index is -4.78. The summed E-state index contributed by atoms with van der Waals surface area (Å²) in [5.41, 5.74) is 0.174. The fourth-order valence-electron chi connectivity index (χ4n) is 3.42. The van der Waals surface area contributed by atoms with Gasteiger partial charge in [-0.2, -0.15) is 0 Å². The molecule has 2 aromatic carbocycles. The number of rotatable bonds is 6. The van der Waals surface area contributed by atoms with E-state index in [0.717, 1.165) is 30.5 Å². The molecule has 9 heteroatoms. The highest BCUT2D eigenvalue weighted by atomic mass is 19.4. The number of alkyl halides is 3. The molecular formula is C21H22F3N3O3. The lowest BCUT2D eigenvalue weighted by Crippen LogP contribution is -2.57. The first kappa shape index (κ1) is 21.5. The molecule has 6 nitrogen and oxygen atoms in total. The summed E-state index contributed by atoms with van der Waals surface area (Å²) < 4.78 is 40.6. The van der Waals surface area contributed by atoms with Gasteiger partial charge in [0.05, 0.1) is 0 Å². The topological polar surface area (TPSA) is 79.5 Å². The average Bonchev–Trinajstić information content (AvgIpc) is 3.17. The molecule has 1 aliphatic carbocycles. The van der Waals surface area contributed by atoms with E-state index in [0.29, 0.717) is 25.1 Å². The van der Waals surface area contributed by atoms with Crippen LogP contribution in [0.25, 0.3) is 0 Å². The number of carbonyl (C=O) groups excluding carboxylic acids is 2. The van der Waals surface area contributed by atoms with Crippen LogP contribution in [0.15, 0.2) is 54.6 Å². The first-order chi connectivity index (χ1) is 14.3. The lowest BCUT2D eigenvalue weighted by atomic mass is 9.96. The number of urea groups is 1. The van der Waals surface area contributed by atoms with Crippen LogP contribution in [0.4, 0.5) is 23.7 Å². The second kappa shape index (κ2) is 9.06. The molecule has 1 saturated carbocycles. The molecule has 0 aliphatic heterocycles. The Labute approximate surface area is 171 Å². The summed E-state index contributed by atoms with van der Waals surface area (Å²) in [4.78, 5) is 25.3. The second-order valence-corrected chi connectivity index (χ2v) is 7.11. The van der Waals surface area contributed by atoms with Crippen LogP contribution in [-0.2, 0) is 11.3 Å². The van der Waals surface area contributed by atoms with Gasteiger partial charge < -0.3 is 20.7 Å². The number of amides is 3. The number of benzene rings is 2. The van der Waals surface area contributed by atoms with Gasteiger partial charge in [0.15, 0.2) is 0 Å². The second-order valence-electron chi connectivity index (χ2n) is 7.11. The zero-order valence-electron chi connectivity index (χ0n) is 16.1. The van der Waals surface area contributed by atoms with Crippen LogP contribution in [-0.4, -0.2) is 23.8 Å². The first-order valence-corrected chi connectivity index (χ1v) is 9.53. The van der Waals surface area contributed by atoms with Gasteiger partial charge in [-0.05, 0) is 42.7 Å². The molecule has 3 N–H and O–H groups in total. The fourth-order valence-corrected chi connectivity index (χ4v) is 3.42. The first-order valence-electron chi connectivity index (χ1n) is 9.53. The average molecular weight is 421 g/mol. The molecule has 0 aromatic heterocycles. The third-order valence-electron chi connectivity index (χ3n) is 4.89. The Bertz CT molecular complexity index is 865. The number of carbonyl (C=O) groups is 2. The summed E-state index contributed by atoms with van der Waals surface area (Å²) in [6.45, 7) is 0.324. The summed E-state index contributed by atoms with van der Waals surface area (Å²) >= 11 is 0. The molecule has 3 rings (SSSR count). The number of anilines is 1. The van der Waals surface area contributed by atoms with E-state index in [9.17, 15) is 22.8 Å². The number of hydrogen-bond donors (Lipinski definition) is 3. The lowest BCUT2D eigenvalue weighted by Gasteiger charge is -2.29. The number of ether oxygens (including phenoxy) is 1. The predicted octanol–water partition coefficient (Wildman–Crippen LogP) is 4.34. The van der Waals surface area contributed by atoms with E-state index in [4.69, 9.17) is 0 Å². The van der Waals surface area contributed by atoms with Crippen molar-refractivity contribution in [3.63, 3.8) is 0 Å². The maximum absolute atomic E-state index is 12.9. The van der Waals surface area contributed by atoms with Gasteiger partial charge in [-0.25, -0.2) is 4.79 Å². The summed E-state index contributed by atoms with van der Waals surface area (Å²) in [7, 11) is 0. The molecule has 2 aromatic rings.